The molecule has 2 aliphatic carbocycles. The van der Waals surface area contributed by atoms with Gasteiger partial charge in [0.2, 0.25) is 0 Å². The van der Waals surface area contributed by atoms with E-state index in [1.54, 1.807) is 0 Å². The lowest BCUT2D eigenvalue weighted by Gasteiger charge is -2.02. The minimum atomic E-state index is -0.219. The van der Waals surface area contributed by atoms with Crippen molar-refractivity contribution in [2.75, 3.05) is 6.61 Å². The monoisotopic (exact) mass is 180 g/mol. The van der Waals surface area contributed by atoms with E-state index >= 15 is 0 Å². The van der Waals surface area contributed by atoms with Crippen LogP contribution >= 0.6 is 0 Å². The molecule has 0 aliphatic heterocycles. The summed E-state index contributed by atoms with van der Waals surface area (Å²) in [6, 6.07) is 0. The maximum atomic E-state index is 11.3. The summed E-state index contributed by atoms with van der Waals surface area (Å²) in [5.41, 5.74) is 0. The Morgan fingerprint density at radius 2 is 2.46 bits per heavy atom. The van der Waals surface area contributed by atoms with Crippen molar-refractivity contribution in [3.05, 3.63) is 12.7 Å². The molecule has 0 heterocycles. The average Bonchev–Trinajstić information content (AvgIpc) is 2.75. The smallest absolute Gasteiger partial charge is 0.310 e. The van der Waals surface area contributed by atoms with Crippen molar-refractivity contribution in [3.8, 4) is 0 Å². The highest BCUT2D eigenvalue weighted by molar-refractivity contribution is 5.94. The van der Waals surface area contributed by atoms with E-state index in [-0.39, 0.29) is 30.2 Å². The largest absolute Gasteiger partial charge is 0.461 e. The fourth-order valence-electron chi connectivity index (χ4n) is 2.21. The van der Waals surface area contributed by atoms with E-state index in [9.17, 15) is 9.59 Å². The Bertz CT molecular complexity index is 269. The predicted molar refractivity (Wildman–Crippen MR) is 45.9 cm³/mol. The molecule has 0 amide bonds. The molecular formula is C10H12O3. The summed E-state index contributed by atoms with van der Waals surface area (Å²) in [7, 11) is 0. The quantitative estimate of drug-likeness (QED) is 0.479. The van der Waals surface area contributed by atoms with Crippen LogP contribution in [0.2, 0.25) is 0 Å². The number of esters is 1. The normalized spacial score (nSPS) is 35.4. The molecule has 2 fully saturated rings. The van der Waals surface area contributed by atoms with Gasteiger partial charge in [-0.2, -0.15) is 0 Å². The first-order chi connectivity index (χ1) is 6.25. The first-order valence-electron chi connectivity index (χ1n) is 4.56. The molecule has 0 aromatic rings. The Labute approximate surface area is 76.8 Å². The van der Waals surface area contributed by atoms with Crippen LogP contribution in [0.4, 0.5) is 0 Å². The fraction of sp³-hybridized carbons (Fsp3) is 0.600. The summed E-state index contributed by atoms with van der Waals surface area (Å²) >= 11 is 0. The lowest BCUT2D eigenvalue weighted by atomic mass is 10.1. The average molecular weight is 180 g/mol. The molecule has 3 unspecified atom stereocenters. The molecule has 0 aromatic heterocycles. The number of carbonyl (C=O) groups is 2. The molecule has 2 aliphatic rings. The first-order valence-corrected chi connectivity index (χ1v) is 4.56. The Kier molecular flexibility index (Phi) is 1.94. The van der Waals surface area contributed by atoms with Crippen LogP contribution in [0.1, 0.15) is 12.8 Å². The molecule has 70 valence electrons. The summed E-state index contributed by atoms with van der Waals surface area (Å²) in [5.74, 6) is 0.192. The van der Waals surface area contributed by atoms with Gasteiger partial charge in [0.15, 0.2) is 0 Å². The maximum Gasteiger partial charge on any atom is 0.310 e. The van der Waals surface area contributed by atoms with Crippen LogP contribution in [0.3, 0.4) is 0 Å². The number of hydrogen-bond acceptors (Lipinski definition) is 3. The van der Waals surface area contributed by atoms with Crippen LogP contribution in [0.25, 0.3) is 0 Å². The van der Waals surface area contributed by atoms with Crippen LogP contribution in [-0.2, 0) is 14.3 Å². The summed E-state index contributed by atoms with van der Waals surface area (Å²) in [4.78, 5) is 22.5. The molecule has 0 N–H and O–H groups in total. The standard InChI is InChI=1S/C10H12O3/c1-2-5-13-10(12)9-6-3-4-7(11)8(6)9/h2,6,8-9H,1,3-5H2. The van der Waals surface area contributed by atoms with Crippen molar-refractivity contribution in [1.29, 1.82) is 0 Å². The number of fused-ring (bicyclic) bond motifs is 1. The van der Waals surface area contributed by atoms with Crippen LogP contribution in [0.15, 0.2) is 12.7 Å². The van der Waals surface area contributed by atoms with Gasteiger partial charge in [0.25, 0.3) is 0 Å². The van der Waals surface area contributed by atoms with E-state index < -0.39 is 0 Å². The minimum Gasteiger partial charge on any atom is -0.461 e. The zero-order valence-corrected chi connectivity index (χ0v) is 7.36. The molecule has 3 atom stereocenters. The fourth-order valence-corrected chi connectivity index (χ4v) is 2.21. The Morgan fingerprint density at radius 3 is 3.00 bits per heavy atom. The second-order valence-corrected chi connectivity index (χ2v) is 3.64. The van der Waals surface area contributed by atoms with Gasteiger partial charge in [-0.25, -0.2) is 0 Å². The van der Waals surface area contributed by atoms with Crippen molar-refractivity contribution >= 4 is 11.8 Å². The highest BCUT2D eigenvalue weighted by Gasteiger charge is 2.62. The molecular weight excluding hydrogens is 168 g/mol. The number of ketones is 1. The molecule has 0 radical (unpaired) electrons. The number of Topliss-reactive ketones (excluding diaryl/α,β-unsaturated/α-hetero) is 1. The van der Waals surface area contributed by atoms with E-state index in [1.165, 1.54) is 6.08 Å². The molecule has 2 saturated carbocycles. The summed E-state index contributed by atoms with van der Waals surface area (Å²) in [6.45, 7) is 3.71. The third-order valence-corrected chi connectivity index (χ3v) is 2.88. The predicted octanol–water partition coefficient (Wildman–Crippen LogP) is 0.941. The molecule has 13 heavy (non-hydrogen) atoms. The molecule has 0 bridgehead atoms. The Morgan fingerprint density at radius 1 is 1.69 bits per heavy atom. The zero-order chi connectivity index (χ0) is 9.42. The second kappa shape index (κ2) is 2.98. The van der Waals surface area contributed by atoms with E-state index in [1.807, 2.05) is 0 Å². The van der Waals surface area contributed by atoms with Gasteiger partial charge in [0.05, 0.1) is 5.92 Å². The van der Waals surface area contributed by atoms with Crippen LogP contribution < -0.4 is 0 Å². The highest BCUT2D eigenvalue weighted by Crippen LogP contribution is 2.55. The molecule has 3 nitrogen and oxygen atoms in total. The Hall–Kier alpha value is -1.12. The SMILES string of the molecule is C=CCOC(=O)C1C2CCC(=O)C21. The number of carbonyl (C=O) groups excluding carboxylic acids is 2. The highest BCUT2D eigenvalue weighted by atomic mass is 16.5. The van der Waals surface area contributed by atoms with Crippen molar-refractivity contribution in [3.63, 3.8) is 0 Å². The van der Waals surface area contributed by atoms with Crippen LogP contribution in [0, 0.1) is 17.8 Å². The van der Waals surface area contributed by atoms with E-state index in [2.05, 4.69) is 6.58 Å². The van der Waals surface area contributed by atoms with Gasteiger partial charge in [-0.05, 0) is 12.3 Å². The molecule has 0 aromatic carbocycles. The molecule has 2 rings (SSSR count). The lowest BCUT2D eigenvalue weighted by molar-refractivity contribution is -0.145. The summed E-state index contributed by atoms with van der Waals surface area (Å²) in [5, 5.41) is 0. The summed E-state index contributed by atoms with van der Waals surface area (Å²) < 4.78 is 4.89. The third-order valence-electron chi connectivity index (χ3n) is 2.88. The molecule has 0 saturated heterocycles. The Balaban J connectivity index is 1.88. The second-order valence-electron chi connectivity index (χ2n) is 3.64. The number of hydrogen-bond donors (Lipinski definition) is 0. The first kappa shape index (κ1) is 8.48. The molecule has 0 spiro atoms. The molecule has 3 heteroatoms. The maximum absolute atomic E-state index is 11.3. The van der Waals surface area contributed by atoms with E-state index in [4.69, 9.17) is 4.74 Å². The van der Waals surface area contributed by atoms with Crippen molar-refractivity contribution in [1.82, 2.24) is 0 Å². The lowest BCUT2D eigenvalue weighted by Crippen LogP contribution is -2.13. The van der Waals surface area contributed by atoms with Crippen LogP contribution in [0.5, 0.6) is 0 Å². The minimum absolute atomic E-state index is 0.00249. The van der Waals surface area contributed by atoms with Gasteiger partial charge in [0, 0.05) is 12.3 Å². The van der Waals surface area contributed by atoms with Crippen molar-refractivity contribution < 1.29 is 14.3 Å². The van der Waals surface area contributed by atoms with Crippen molar-refractivity contribution in [2.24, 2.45) is 17.8 Å². The van der Waals surface area contributed by atoms with Gasteiger partial charge < -0.3 is 4.74 Å². The van der Waals surface area contributed by atoms with Gasteiger partial charge in [0.1, 0.15) is 12.4 Å². The third kappa shape index (κ3) is 1.28. The van der Waals surface area contributed by atoms with Gasteiger partial charge in [-0.15, -0.1) is 0 Å². The van der Waals surface area contributed by atoms with Gasteiger partial charge in [-0.1, -0.05) is 12.7 Å². The van der Waals surface area contributed by atoms with Crippen LogP contribution in [-0.4, -0.2) is 18.4 Å². The number of ether oxygens (including phenoxy) is 1. The van der Waals surface area contributed by atoms with Crippen molar-refractivity contribution in [2.45, 2.75) is 12.8 Å². The van der Waals surface area contributed by atoms with E-state index in [0.717, 1.165) is 6.42 Å². The zero-order valence-electron chi connectivity index (χ0n) is 7.36. The van der Waals surface area contributed by atoms with Gasteiger partial charge in [-0.3, -0.25) is 9.59 Å². The topological polar surface area (TPSA) is 43.4 Å². The summed E-state index contributed by atoms with van der Waals surface area (Å²) in [6.07, 6.45) is 3.07. The van der Waals surface area contributed by atoms with E-state index in [0.29, 0.717) is 12.3 Å². The number of rotatable bonds is 3. The van der Waals surface area contributed by atoms with Gasteiger partial charge >= 0.3 is 5.97 Å².